The van der Waals surface area contributed by atoms with Crippen LogP contribution in [0.2, 0.25) is 0 Å². The van der Waals surface area contributed by atoms with Gasteiger partial charge in [0.1, 0.15) is 5.75 Å². The van der Waals surface area contributed by atoms with Gasteiger partial charge in [-0.1, -0.05) is 18.6 Å². The van der Waals surface area contributed by atoms with E-state index in [1.807, 2.05) is 31.2 Å². The molecular weight excluding hydrogens is 214 g/mol. The Bertz CT molecular complexity index is 296. The van der Waals surface area contributed by atoms with Gasteiger partial charge in [0.15, 0.2) is 0 Å². The Kier molecular flexibility index (Phi) is 6.67. The Hall–Kier alpha value is -1.06. The summed E-state index contributed by atoms with van der Waals surface area (Å²) in [7, 11) is 0. The quantitative estimate of drug-likeness (QED) is 0.683. The molecule has 0 aliphatic carbocycles. The lowest BCUT2D eigenvalue weighted by Crippen LogP contribution is -2.04. The molecular formula is C14H23NO2. The molecule has 1 atom stereocenters. The summed E-state index contributed by atoms with van der Waals surface area (Å²) in [6.07, 6.45) is 4.11. The van der Waals surface area contributed by atoms with Crippen molar-refractivity contribution in [2.24, 2.45) is 5.73 Å². The van der Waals surface area contributed by atoms with Gasteiger partial charge in [-0.2, -0.15) is 0 Å². The van der Waals surface area contributed by atoms with Gasteiger partial charge in [-0.25, -0.2) is 0 Å². The summed E-state index contributed by atoms with van der Waals surface area (Å²) in [5, 5.41) is 8.63. The molecule has 17 heavy (non-hydrogen) atoms. The van der Waals surface area contributed by atoms with E-state index in [9.17, 15) is 0 Å². The monoisotopic (exact) mass is 237 g/mol. The van der Waals surface area contributed by atoms with Crippen LogP contribution in [0.3, 0.4) is 0 Å². The minimum absolute atomic E-state index is 0.0718. The van der Waals surface area contributed by atoms with Crippen molar-refractivity contribution in [3.05, 3.63) is 29.8 Å². The molecule has 0 saturated carbocycles. The summed E-state index contributed by atoms with van der Waals surface area (Å²) in [5.41, 5.74) is 6.90. The fourth-order valence-corrected chi connectivity index (χ4v) is 1.63. The average Bonchev–Trinajstić information content (AvgIpc) is 2.34. The molecule has 0 heterocycles. The van der Waals surface area contributed by atoms with Gasteiger partial charge in [-0.05, 0) is 43.9 Å². The van der Waals surface area contributed by atoms with Crippen molar-refractivity contribution in [2.75, 3.05) is 13.2 Å². The van der Waals surface area contributed by atoms with Gasteiger partial charge < -0.3 is 15.6 Å². The third kappa shape index (κ3) is 5.71. The molecule has 3 nitrogen and oxygen atoms in total. The number of aliphatic hydroxyl groups is 1. The average molecular weight is 237 g/mol. The first kappa shape index (κ1) is 14.0. The highest BCUT2D eigenvalue weighted by molar-refractivity contribution is 5.28. The van der Waals surface area contributed by atoms with E-state index in [4.69, 9.17) is 15.6 Å². The molecule has 1 aromatic rings. The predicted molar refractivity (Wildman–Crippen MR) is 70.1 cm³/mol. The predicted octanol–water partition coefficient (Wildman–Crippen LogP) is 2.64. The van der Waals surface area contributed by atoms with E-state index in [2.05, 4.69) is 0 Å². The molecule has 0 unspecified atom stereocenters. The van der Waals surface area contributed by atoms with Crippen LogP contribution in [0.4, 0.5) is 0 Å². The number of hydrogen-bond donors (Lipinski definition) is 2. The molecule has 0 aliphatic heterocycles. The highest BCUT2D eigenvalue weighted by atomic mass is 16.5. The van der Waals surface area contributed by atoms with Crippen molar-refractivity contribution in [1.29, 1.82) is 0 Å². The lowest BCUT2D eigenvalue weighted by molar-refractivity contribution is 0.273. The van der Waals surface area contributed by atoms with Crippen LogP contribution in [0, 0.1) is 0 Å². The SMILES string of the molecule is C[C@@H](N)c1ccc(OCCCCCCO)cc1. The minimum atomic E-state index is 0.0718. The van der Waals surface area contributed by atoms with Gasteiger partial charge in [-0.3, -0.25) is 0 Å². The van der Waals surface area contributed by atoms with Gasteiger partial charge in [0.25, 0.3) is 0 Å². The zero-order valence-corrected chi connectivity index (χ0v) is 10.6. The van der Waals surface area contributed by atoms with E-state index in [-0.39, 0.29) is 6.04 Å². The summed E-state index contributed by atoms with van der Waals surface area (Å²) in [6, 6.07) is 8.01. The first-order chi connectivity index (χ1) is 8.24. The number of nitrogens with two attached hydrogens (primary N) is 1. The van der Waals surface area contributed by atoms with Crippen LogP contribution in [-0.4, -0.2) is 18.3 Å². The molecule has 1 rings (SSSR count). The summed E-state index contributed by atoms with van der Waals surface area (Å²) in [5.74, 6) is 0.900. The maximum absolute atomic E-state index is 8.63. The van der Waals surface area contributed by atoms with E-state index < -0.39 is 0 Å². The smallest absolute Gasteiger partial charge is 0.119 e. The van der Waals surface area contributed by atoms with Gasteiger partial charge in [0.05, 0.1) is 6.61 Å². The van der Waals surface area contributed by atoms with Crippen LogP contribution in [0.1, 0.15) is 44.2 Å². The molecule has 0 radical (unpaired) electrons. The van der Waals surface area contributed by atoms with E-state index >= 15 is 0 Å². The third-order valence-electron chi connectivity index (χ3n) is 2.73. The fourth-order valence-electron chi connectivity index (χ4n) is 1.63. The Morgan fingerprint density at radius 2 is 1.76 bits per heavy atom. The van der Waals surface area contributed by atoms with Crippen molar-refractivity contribution >= 4 is 0 Å². The second-order valence-electron chi connectivity index (χ2n) is 4.34. The largest absolute Gasteiger partial charge is 0.494 e. The van der Waals surface area contributed by atoms with Gasteiger partial charge in [0.2, 0.25) is 0 Å². The van der Waals surface area contributed by atoms with Crippen LogP contribution in [0.15, 0.2) is 24.3 Å². The molecule has 0 spiro atoms. The lowest BCUT2D eigenvalue weighted by Gasteiger charge is -2.08. The molecule has 1 aromatic carbocycles. The zero-order chi connectivity index (χ0) is 12.5. The molecule has 3 N–H and O–H groups in total. The highest BCUT2D eigenvalue weighted by Crippen LogP contribution is 2.16. The van der Waals surface area contributed by atoms with Crippen LogP contribution in [-0.2, 0) is 0 Å². The van der Waals surface area contributed by atoms with Crippen LogP contribution >= 0.6 is 0 Å². The molecule has 0 saturated heterocycles. The Balaban J connectivity index is 2.19. The topological polar surface area (TPSA) is 55.5 Å². The second-order valence-corrected chi connectivity index (χ2v) is 4.34. The molecule has 0 aromatic heterocycles. The van der Waals surface area contributed by atoms with E-state index in [1.165, 1.54) is 0 Å². The van der Waals surface area contributed by atoms with Crippen LogP contribution in [0.25, 0.3) is 0 Å². The van der Waals surface area contributed by atoms with Crippen molar-refractivity contribution in [3.63, 3.8) is 0 Å². The number of aliphatic hydroxyl groups excluding tert-OH is 1. The Morgan fingerprint density at radius 1 is 1.12 bits per heavy atom. The zero-order valence-electron chi connectivity index (χ0n) is 10.6. The van der Waals surface area contributed by atoms with Crippen molar-refractivity contribution in [1.82, 2.24) is 0 Å². The molecule has 0 aliphatic rings. The Labute approximate surface area is 104 Å². The molecule has 96 valence electrons. The number of ether oxygens (including phenoxy) is 1. The van der Waals surface area contributed by atoms with Gasteiger partial charge in [0, 0.05) is 12.6 Å². The first-order valence-electron chi connectivity index (χ1n) is 6.33. The van der Waals surface area contributed by atoms with Gasteiger partial charge in [-0.15, -0.1) is 0 Å². The molecule has 0 fully saturated rings. The number of hydrogen-bond acceptors (Lipinski definition) is 3. The number of rotatable bonds is 8. The highest BCUT2D eigenvalue weighted by Gasteiger charge is 1.99. The molecule has 3 heteroatoms. The Morgan fingerprint density at radius 3 is 2.35 bits per heavy atom. The summed E-state index contributed by atoms with van der Waals surface area (Å²) in [4.78, 5) is 0. The van der Waals surface area contributed by atoms with Crippen molar-refractivity contribution in [3.8, 4) is 5.75 Å². The third-order valence-corrected chi connectivity index (χ3v) is 2.73. The van der Waals surface area contributed by atoms with E-state index in [0.717, 1.165) is 43.6 Å². The summed E-state index contributed by atoms with van der Waals surface area (Å²) >= 11 is 0. The normalized spacial score (nSPS) is 12.4. The number of benzene rings is 1. The second kappa shape index (κ2) is 8.09. The minimum Gasteiger partial charge on any atom is -0.494 e. The maximum Gasteiger partial charge on any atom is 0.119 e. The van der Waals surface area contributed by atoms with E-state index in [1.54, 1.807) is 0 Å². The van der Waals surface area contributed by atoms with E-state index in [0.29, 0.717) is 6.61 Å². The first-order valence-corrected chi connectivity index (χ1v) is 6.33. The molecule has 0 amide bonds. The lowest BCUT2D eigenvalue weighted by atomic mass is 10.1. The van der Waals surface area contributed by atoms with Crippen LogP contribution < -0.4 is 10.5 Å². The van der Waals surface area contributed by atoms with Crippen molar-refractivity contribution in [2.45, 2.75) is 38.6 Å². The molecule has 0 bridgehead atoms. The fraction of sp³-hybridized carbons (Fsp3) is 0.571. The standard InChI is InChI=1S/C14H23NO2/c1-12(15)13-6-8-14(9-7-13)17-11-5-3-2-4-10-16/h6-9,12,16H,2-5,10-11,15H2,1H3/t12-/m1/s1. The number of unbranched alkanes of at least 4 members (excludes halogenated alkanes) is 3. The van der Waals surface area contributed by atoms with Gasteiger partial charge >= 0.3 is 0 Å². The summed E-state index contributed by atoms with van der Waals surface area (Å²) < 4.78 is 5.62. The maximum atomic E-state index is 8.63. The van der Waals surface area contributed by atoms with Crippen LogP contribution in [0.5, 0.6) is 5.75 Å². The van der Waals surface area contributed by atoms with Crippen molar-refractivity contribution < 1.29 is 9.84 Å². The summed E-state index contributed by atoms with van der Waals surface area (Å²) in [6.45, 7) is 3.00.